The van der Waals surface area contributed by atoms with E-state index in [-0.39, 0.29) is 11.6 Å². The molecule has 1 amide bonds. The minimum atomic E-state index is -0.464. The third kappa shape index (κ3) is 4.05. The average Bonchev–Trinajstić information content (AvgIpc) is 3.16. The minimum Gasteiger partial charge on any atom is -0.356 e. The van der Waals surface area contributed by atoms with Crippen molar-refractivity contribution >= 4 is 29.3 Å². The second kappa shape index (κ2) is 7.89. The molecule has 0 fully saturated rings. The van der Waals surface area contributed by atoms with Gasteiger partial charge in [-0.3, -0.25) is 14.9 Å². The van der Waals surface area contributed by atoms with Crippen LogP contribution in [0, 0.1) is 10.1 Å². The molecule has 2 aromatic carbocycles. The fourth-order valence-corrected chi connectivity index (χ4v) is 3.39. The zero-order valence-corrected chi connectivity index (χ0v) is 16.0. The van der Waals surface area contributed by atoms with Crippen LogP contribution >= 0.6 is 11.6 Å². The molecule has 0 bridgehead atoms. The largest absolute Gasteiger partial charge is 0.356 e. The summed E-state index contributed by atoms with van der Waals surface area (Å²) >= 11 is 5.94. The van der Waals surface area contributed by atoms with Crippen molar-refractivity contribution in [2.75, 3.05) is 6.54 Å². The molecule has 1 aliphatic rings. The lowest BCUT2D eigenvalue weighted by molar-refractivity contribution is -0.384. The fraction of sp³-hybridized carbons (Fsp3) is 0.143. The number of nitro benzene ring substituents is 1. The van der Waals surface area contributed by atoms with Gasteiger partial charge in [-0.05, 0) is 42.3 Å². The van der Waals surface area contributed by atoms with E-state index in [1.54, 1.807) is 35.2 Å². The molecule has 0 atom stereocenters. The molecular weight excluding hydrogens is 394 g/mol. The van der Waals surface area contributed by atoms with Crippen molar-refractivity contribution in [1.29, 1.82) is 0 Å². The molecule has 1 aliphatic heterocycles. The van der Waals surface area contributed by atoms with Gasteiger partial charge >= 0.3 is 0 Å². The zero-order chi connectivity index (χ0) is 20.4. The number of hydrogen-bond acceptors (Lipinski definition) is 5. The lowest BCUT2D eigenvalue weighted by Crippen LogP contribution is -2.34. The number of halogens is 1. The number of benzene rings is 2. The Kier molecular flexibility index (Phi) is 5.14. The van der Waals surface area contributed by atoms with E-state index in [9.17, 15) is 14.9 Å². The molecule has 0 N–H and O–H groups in total. The number of non-ortho nitro benzene ring substituents is 1. The molecule has 8 heteroatoms. The molecule has 0 spiro atoms. The van der Waals surface area contributed by atoms with E-state index < -0.39 is 4.92 Å². The Morgan fingerprint density at radius 1 is 1.24 bits per heavy atom. The summed E-state index contributed by atoms with van der Waals surface area (Å²) in [5.41, 5.74) is 3.21. The summed E-state index contributed by atoms with van der Waals surface area (Å²) in [5.74, 6) is 0.522. The van der Waals surface area contributed by atoms with Crippen LogP contribution in [0.5, 0.6) is 0 Å². The highest BCUT2D eigenvalue weighted by Gasteiger charge is 2.26. The highest BCUT2D eigenvalue weighted by molar-refractivity contribution is 6.30. The second-order valence-corrected chi connectivity index (χ2v) is 7.08. The second-order valence-electron chi connectivity index (χ2n) is 6.64. The smallest absolute Gasteiger partial charge is 0.270 e. The van der Waals surface area contributed by atoms with E-state index >= 15 is 0 Å². The zero-order valence-electron chi connectivity index (χ0n) is 15.2. The summed E-state index contributed by atoms with van der Waals surface area (Å²) in [6.07, 6.45) is 3.63. The first-order valence-corrected chi connectivity index (χ1v) is 9.34. The third-order valence-corrected chi connectivity index (χ3v) is 5.01. The molecule has 0 saturated heterocycles. The number of rotatable bonds is 4. The molecule has 29 heavy (non-hydrogen) atoms. The SMILES string of the molecule is O=C(/C=C/c1cccc([N+](=O)[O-])c1)N1CCc2c(noc2-c2ccc(Cl)cc2)C1. The van der Waals surface area contributed by atoms with E-state index in [1.165, 1.54) is 18.2 Å². The number of amides is 1. The predicted octanol–water partition coefficient (Wildman–Crippen LogP) is 4.50. The van der Waals surface area contributed by atoms with Crippen LogP contribution in [0.25, 0.3) is 17.4 Å². The predicted molar refractivity (Wildman–Crippen MR) is 108 cm³/mol. The summed E-state index contributed by atoms with van der Waals surface area (Å²) in [6, 6.07) is 13.5. The van der Waals surface area contributed by atoms with Gasteiger partial charge in [0.1, 0.15) is 5.69 Å². The van der Waals surface area contributed by atoms with Gasteiger partial charge in [-0.1, -0.05) is 28.9 Å². The number of hydrogen-bond donors (Lipinski definition) is 0. The Morgan fingerprint density at radius 2 is 2.03 bits per heavy atom. The van der Waals surface area contributed by atoms with Crippen LogP contribution in [0.2, 0.25) is 5.02 Å². The van der Waals surface area contributed by atoms with Gasteiger partial charge in [0.15, 0.2) is 5.76 Å². The van der Waals surface area contributed by atoms with Crippen molar-refractivity contribution in [2.45, 2.75) is 13.0 Å². The van der Waals surface area contributed by atoms with Gasteiger partial charge in [0.2, 0.25) is 5.91 Å². The van der Waals surface area contributed by atoms with Crippen LogP contribution < -0.4 is 0 Å². The van der Waals surface area contributed by atoms with E-state index in [0.29, 0.717) is 35.9 Å². The molecule has 7 nitrogen and oxygen atoms in total. The van der Waals surface area contributed by atoms with E-state index in [2.05, 4.69) is 5.16 Å². The Balaban J connectivity index is 1.47. The number of carbonyl (C=O) groups excluding carboxylic acids is 1. The van der Waals surface area contributed by atoms with Crippen LogP contribution in [0.15, 0.2) is 59.1 Å². The van der Waals surface area contributed by atoms with Gasteiger partial charge in [-0.25, -0.2) is 0 Å². The first-order chi connectivity index (χ1) is 14.0. The maximum Gasteiger partial charge on any atom is 0.270 e. The molecular formula is C21H16ClN3O4. The number of nitro groups is 1. The normalized spacial score (nSPS) is 13.5. The molecule has 0 aliphatic carbocycles. The van der Waals surface area contributed by atoms with E-state index in [1.807, 2.05) is 12.1 Å². The monoisotopic (exact) mass is 409 g/mol. The molecule has 146 valence electrons. The Bertz CT molecular complexity index is 1110. The maximum absolute atomic E-state index is 12.5. The number of fused-ring (bicyclic) bond motifs is 1. The number of nitrogens with zero attached hydrogens (tertiary/aromatic N) is 3. The van der Waals surface area contributed by atoms with Gasteiger partial charge in [-0.2, -0.15) is 0 Å². The number of carbonyl (C=O) groups is 1. The summed E-state index contributed by atoms with van der Waals surface area (Å²) in [4.78, 5) is 24.6. The van der Waals surface area contributed by atoms with Gasteiger partial charge in [0, 0.05) is 40.9 Å². The number of aromatic nitrogens is 1. The maximum atomic E-state index is 12.5. The van der Waals surface area contributed by atoms with Crippen LogP contribution in [0.1, 0.15) is 16.8 Å². The Hall–Kier alpha value is -3.45. The summed E-state index contributed by atoms with van der Waals surface area (Å²) in [5, 5.41) is 15.6. The lowest BCUT2D eigenvalue weighted by atomic mass is 10.0. The highest BCUT2D eigenvalue weighted by atomic mass is 35.5. The molecule has 1 aromatic heterocycles. The van der Waals surface area contributed by atoms with Crippen LogP contribution in [0.4, 0.5) is 5.69 Å². The third-order valence-electron chi connectivity index (χ3n) is 4.76. The van der Waals surface area contributed by atoms with Gasteiger partial charge in [-0.15, -0.1) is 0 Å². The minimum absolute atomic E-state index is 0.0143. The highest BCUT2D eigenvalue weighted by Crippen LogP contribution is 2.31. The van der Waals surface area contributed by atoms with Crippen molar-refractivity contribution in [3.63, 3.8) is 0 Å². The lowest BCUT2D eigenvalue weighted by Gasteiger charge is -2.24. The summed E-state index contributed by atoms with van der Waals surface area (Å²) in [6.45, 7) is 0.886. The van der Waals surface area contributed by atoms with Crippen molar-refractivity contribution in [3.05, 3.63) is 86.6 Å². The molecule has 4 rings (SSSR count). The van der Waals surface area contributed by atoms with E-state index in [0.717, 1.165) is 16.8 Å². The van der Waals surface area contributed by atoms with Crippen molar-refractivity contribution < 1.29 is 14.2 Å². The summed E-state index contributed by atoms with van der Waals surface area (Å²) in [7, 11) is 0. The van der Waals surface area contributed by atoms with Gasteiger partial charge < -0.3 is 9.42 Å². The first kappa shape index (κ1) is 18.9. The van der Waals surface area contributed by atoms with Crippen molar-refractivity contribution in [1.82, 2.24) is 10.1 Å². The average molecular weight is 410 g/mol. The molecule has 2 heterocycles. The van der Waals surface area contributed by atoms with Crippen LogP contribution in [-0.2, 0) is 17.8 Å². The van der Waals surface area contributed by atoms with Crippen molar-refractivity contribution in [2.24, 2.45) is 0 Å². The van der Waals surface area contributed by atoms with Crippen molar-refractivity contribution in [3.8, 4) is 11.3 Å². The first-order valence-electron chi connectivity index (χ1n) is 8.96. The van der Waals surface area contributed by atoms with Gasteiger partial charge in [0.25, 0.3) is 5.69 Å². The van der Waals surface area contributed by atoms with E-state index in [4.69, 9.17) is 16.1 Å². The van der Waals surface area contributed by atoms with Crippen LogP contribution in [0.3, 0.4) is 0 Å². The quantitative estimate of drug-likeness (QED) is 0.359. The topological polar surface area (TPSA) is 89.5 Å². The summed E-state index contributed by atoms with van der Waals surface area (Å²) < 4.78 is 5.52. The Morgan fingerprint density at radius 3 is 2.79 bits per heavy atom. The van der Waals surface area contributed by atoms with Gasteiger partial charge in [0.05, 0.1) is 11.5 Å². The molecule has 3 aromatic rings. The van der Waals surface area contributed by atoms with Crippen LogP contribution in [-0.4, -0.2) is 27.4 Å². The standard InChI is InChI=1S/C21H16ClN3O4/c22-16-7-5-15(6-8-16)21-18-10-11-24(13-19(18)23-29-21)20(26)9-4-14-2-1-3-17(12-14)25(27)28/h1-9,12H,10-11,13H2/b9-4+. The Labute approximate surface area is 171 Å². The molecule has 0 radical (unpaired) electrons. The fourth-order valence-electron chi connectivity index (χ4n) is 3.26. The molecule has 0 unspecified atom stereocenters. The molecule has 0 saturated carbocycles.